The number of hydrogen-bond donors (Lipinski definition) is 13. The number of carbonyl (C=O) groups is 7. The molecular formula is C51H64F3N13O8. The van der Waals surface area contributed by atoms with Crippen LogP contribution in [0.5, 0.6) is 0 Å². The summed E-state index contributed by atoms with van der Waals surface area (Å²) in [6.45, 7) is 0.729. The second-order valence-electron chi connectivity index (χ2n) is 17.8. The summed E-state index contributed by atoms with van der Waals surface area (Å²) in [7, 11) is 0. The van der Waals surface area contributed by atoms with E-state index in [9.17, 15) is 41.9 Å². The van der Waals surface area contributed by atoms with E-state index in [2.05, 4.69) is 46.5 Å². The molecule has 24 heteroatoms. The van der Waals surface area contributed by atoms with Gasteiger partial charge in [-0.3, -0.25) is 28.8 Å². The number of aromatic amines is 3. The van der Waals surface area contributed by atoms with Gasteiger partial charge >= 0.3 is 12.1 Å². The third-order valence-corrected chi connectivity index (χ3v) is 12.1. The van der Waals surface area contributed by atoms with Crippen LogP contribution in [0.15, 0.2) is 104 Å². The number of fused-ring (bicyclic) bond motifs is 2. The highest BCUT2D eigenvalue weighted by Gasteiger charge is 2.38. The topological polar surface area (TPSA) is 364 Å². The number of hydrogen-bond acceptors (Lipinski definition) is 11. The lowest BCUT2D eigenvalue weighted by atomic mass is 10.00. The van der Waals surface area contributed by atoms with E-state index in [-0.39, 0.29) is 38.5 Å². The summed E-state index contributed by atoms with van der Waals surface area (Å²) < 4.78 is 31.7. The number of benzene rings is 3. The first-order chi connectivity index (χ1) is 35.9. The van der Waals surface area contributed by atoms with E-state index >= 15 is 0 Å². The fourth-order valence-electron chi connectivity index (χ4n) is 8.15. The molecule has 402 valence electrons. The highest BCUT2D eigenvalue weighted by atomic mass is 19.4. The van der Waals surface area contributed by atoms with Crippen molar-refractivity contribution in [1.29, 1.82) is 0 Å². The molecule has 6 amide bonds. The molecule has 0 saturated carbocycles. The van der Waals surface area contributed by atoms with Crippen molar-refractivity contribution in [2.45, 2.75) is 107 Å². The number of alkyl halides is 3. The molecular weight excluding hydrogens is 980 g/mol. The Morgan fingerprint density at radius 1 is 0.560 bits per heavy atom. The lowest BCUT2D eigenvalue weighted by Gasteiger charge is -2.27. The van der Waals surface area contributed by atoms with Crippen molar-refractivity contribution in [2.75, 3.05) is 13.1 Å². The minimum atomic E-state index is -5.08. The summed E-state index contributed by atoms with van der Waals surface area (Å²) in [5.74, 6) is -6.75. The first kappa shape index (κ1) is 57.8. The van der Waals surface area contributed by atoms with Crippen molar-refractivity contribution >= 4 is 63.2 Å². The van der Waals surface area contributed by atoms with Gasteiger partial charge in [-0.2, -0.15) is 13.2 Å². The van der Waals surface area contributed by atoms with Crippen LogP contribution in [0.25, 0.3) is 21.8 Å². The minimum Gasteiger partial charge on any atom is -0.475 e. The van der Waals surface area contributed by atoms with Crippen LogP contribution < -0.4 is 49.5 Å². The average Bonchev–Trinajstić information content (AvgIpc) is 4.16. The molecule has 0 aliphatic heterocycles. The smallest absolute Gasteiger partial charge is 0.475 e. The Hall–Kier alpha value is -8.09. The Balaban J connectivity index is 0.00000138. The summed E-state index contributed by atoms with van der Waals surface area (Å²) >= 11 is 0. The van der Waals surface area contributed by atoms with Crippen molar-refractivity contribution in [2.24, 2.45) is 22.9 Å². The first-order valence-electron chi connectivity index (χ1n) is 24.3. The molecule has 6 rings (SSSR count). The van der Waals surface area contributed by atoms with E-state index in [0.717, 1.165) is 32.9 Å². The second-order valence-corrected chi connectivity index (χ2v) is 17.8. The number of nitrogens with two attached hydrogens (primary N) is 4. The molecule has 17 N–H and O–H groups in total. The van der Waals surface area contributed by atoms with Crippen molar-refractivity contribution in [1.82, 2.24) is 46.5 Å². The predicted octanol–water partition coefficient (Wildman–Crippen LogP) is 1.77. The molecule has 0 bridgehead atoms. The number of carboxylic acids is 1. The zero-order valence-corrected chi connectivity index (χ0v) is 41.0. The van der Waals surface area contributed by atoms with Gasteiger partial charge in [-0.15, -0.1) is 0 Å². The van der Waals surface area contributed by atoms with Crippen molar-refractivity contribution in [3.05, 3.63) is 126 Å². The SMILES string of the molecule is NCCCC[C@H](NC(=O)[C@@H](Cc1ccccc1)NC(=O)[C@H](Cc1c[nH]c2ccccc12)NC(=O)[C@@H](CCCCN)NC(=O)[C@@H](Cc1c[nH]c2ccccc12)NC(=O)[C@@H](N)Cc1cnc[nH]1)C(N)=O.O=C(O)C(F)(F)F. The number of para-hydroxylation sites is 2. The number of halogens is 3. The van der Waals surface area contributed by atoms with Gasteiger partial charge in [0.05, 0.1) is 12.4 Å². The molecule has 0 radical (unpaired) electrons. The summed E-state index contributed by atoms with van der Waals surface area (Å²) in [4.78, 5) is 106. The molecule has 0 spiro atoms. The van der Waals surface area contributed by atoms with E-state index in [0.29, 0.717) is 50.0 Å². The standard InChI is InChI=1S/C49H63N13O6.C2HF3O2/c50-20-10-8-18-39(44(53)63)58-47(66)41(22-30-12-2-1-3-13-30)61-49(68)43(24-32-27-56-38-17-7-5-15-35(32)38)62-46(65)40(19-9-11-21-51)59-48(67)42(23-31-26-55-37-16-6-4-14-34(31)37)60-45(64)36(52)25-33-28-54-29-57-33;3-2(4,5)1(6)7/h1-7,12-17,26-29,36,39-43,55-56H,8-11,18-25,50-52H2,(H2,53,63)(H,54,57)(H,58,66)(H,59,67)(H,60,64)(H,61,68)(H,62,65);(H,6,7)/t36-,39-,40+,41+,42+,43-;/m0./s1. The maximum atomic E-state index is 14.7. The number of aromatic nitrogens is 4. The number of nitrogens with one attached hydrogen (secondary N) is 8. The third kappa shape index (κ3) is 17.8. The average molecular weight is 1040 g/mol. The number of amides is 6. The summed E-state index contributed by atoms with van der Waals surface area (Å²) in [5, 5.41) is 23.0. The second kappa shape index (κ2) is 28.4. The van der Waals surface area contributed by atoms with E-state index in [1.54, 1.807) is 42.9 Å². The fourth-order valence-corrected chi connectivity index (χ4v) is 8.15. The van der Waals surface area contributed by atoms with E-state index in [1.807, 2.05) is 54.6 Å². The number of rotatable bonds is 27. The number of aliphatic carboxylic acids is 1. The predicted molar refractivity (Wildman–Crippen MR) is 273 cm³/mol. The molecule has 0 saturated heterocycles. The van der Waals surface area contributed by atoms with Gasteiger partial charge in [0.2, 0.25) is 35.4 Å². The van der Waals surface area contributed by atoms with E-state index in [1.165, 1.54) is 6.33 Å². The quantitative estimate of drug-likeness (QED) is 0.0329. The first-order valence-corrected chi connectivity index (χ1v) is 24.3. The fraction of sp³-hybridized carbons (Fsp3) is 0.373. The summed E-state index contributed by atoms with van der Waals surface area (Å²) in [6.07, 6.45) is 4.21. The Morgan fingerprint density at radius 3 is 1.45 bits per heavy atom. The van der Waals surface area contributed by atoms with Crippen molar-refractivity contribution in [3.63, 3.8) is 0 Å². The third-order valence-electron chi connectivity index (χ3n) is 12.1. The summed E-state index contributed by atoms with van der Waals surface area (Å²) in [5.41, 5.74) is 28.0. The lowest BCUT2D eigenvalue weighted by molar-refractivity contribution is -0.192. The number of carboxylic acid groups (broad SMARTS) is 1. The molecule has 0 fully saturated rings. The molecule has 3 aromatic heterocycles. The van der Waals surface area contributed by atoms with E-state index < -0.39 is 83.8 Å². The molecule has 0 unspecified atom stereocenters. The zero-order valence-electron chi connectivity index (χ0n) is 41.0. The number of primary amides is 1. The van der Waals surface area contributed by atoms with Crippen LogP contribution in [0.4, 0.5) is 13.2 Å². The number of carbonyl (C=O) groups excluding carboxylic acids is 6. The minimum absolute atomic E-state index is 0.0127. The van der Waals surface area contributed by atoms with Crippen LogP contribution in [0, 0.1) is 0 Å². The van der Waals surface area contributed by atoms with Crippen LogP contribution >= 0.6 is 0 Å². The van der Waals surface area contributed by atoms with Gasteiger partial charge in [0.15, 0.2) is 0 Å². The largest absolute Gasteiger partial charge is 0.490 e. The maximum Gasteiger partial charge on any atom is 0.490 e. The Morgan fingerprint density at radius 2 is 0.987 bits per heavy atom. The normalized spacial score (nSPS) is 13.7. The molecule has 0 aliphatic carbocycles. The lowest BCUT2D eigenvalue weighted by Crippen LogP contribution is -2.60. The number of nitrogens with zero attached hydrogens (tertiary/aromatic N) is 1. The van der Waals surface area contributed by atoms with Crippen LogP contribution in [0.3, 0.4) is 0 Å². The highest BCUT2D eigenvalue weighted by Crippen LogP contribution is 2.22. The maximum absolute atomic E-state index is 14.7. The van der Waals surface area contributed by atoms with Gasteiger partial charge in [-0.25, -0.2) is 9.78 Å². The number of unbranched alkanes of at least 4 members (excludes halogenated alkanes) is 2. The van der Waals surface area contributed by atoms with Crippen molar-refractivity contribution in [3.8, 4) is 0 Å². The highest BCUT2D eigenvalue weighted by molar-refractivity contribution is 5.97. The molecule has 0 aliphatic rings. The molecule has 3 heterocycles. The Labute approximate surface area is 429 Å². The molecule has 21 nitrogen and oxygen atoms in total. The zero-order chi connectivity index (χ0) is 54.5. The van der Waals surface area contributed by atoms with Gasteiger partial charge in [0.25, 0.3) is 0 Å². The number of H-pyrrole nitrogens is 3. The molecule has 6 aromatic rings. The van der Waals surface area contributed by atoms with Crippen LogP contribution in [-0.4, -0.2) is 122 Å². The number of imidazole rings is 1. The molecule has 75 heavy (non-hydrogen) atoms. The van der Waals surface area contributed by atoms with Gasteiger partial charge in [-0.05, 0) is 80.4 Å². The monoisotopic (exact) mass is 1040 g/mol. The van der Waals surface area contributed by atoms with Gasteiger partial charge in [0.1, 0.15) is 30.2 Å². The molecule has 6 atom stereocenters. The van der Waals surface area contributed by atoms with Gasteiger partial charge < -0.3 is 69.6 Å². The van der Waals surface area contributed by atoms with E-state index in [4.69, 9.17) is 32.8 Å². The van der Waals surface area contributed by atoms with Crippen LogP contribution in [-0.2, 0) is 59.2 Å². The molecule has 3 aromatic carbocycles. The van der Waals surface area contributed by atoms with Crippen LogP contribution in [0.1, 0.15) is 60.9 Å². The summed E-state index contributed by atoms with van der Waals surface area (Å²) in [6, 6.07) is 17.2. The van der Waals surface area contributed by atoms with Gasteiger partial charge in [0, 0.05) is 71.8 Å². The Kier molecular flexibility index (Phi) is 21.9. The Bertz CT molecular complexity index is 2820. The van der Waals surface area contributed by atoms with Crippen LogP contribution in [0.2, 0.25) is 0 Å². The van der Waals surface area contributed by atoms with Gasteiger partial charge in [-0.1, -0.05) is 66.7 Å². The van der Waals surface area contributed by atoms with Crippen molar-refractivity contribution < 1.29 is 51.8 Å².